The molecule has 0 bridgehead atoms. The number of nitrogens with zero attached hydrogens (tertiary/aromatic N) is 1. The number of aromatic nitrogens is 1. The Balaban J connectivity index is 0.00000144. The molecule has 0 spiro atoms. The van der Waals surface area contributed by atoms with Crippen LogP contribution in [0, 0.1) is 0 Å². The third-order valence-electron chi connectivity index (χ3n) is 1.13. The maximum atomic E-state index is 10.4. The van der Waals surface area contributed by atoms with Crippen molar-refractivity contribution >= 4 is 31.9 Å². The largest absolute Gasteiger partial charge is 1.00 e. The topological polar surface area (TPSA) is 96.1 Å². The van der Waals surface area contributed by atoms with E-state index < -0.39 is 15.0 Å². The molecule has 0 unspecified atom stereocenters. The van der Waals surface area contributed by atoms with Gasteiger partial charge in [0.25, 0.3) is 0 Å². The van der Waals surface area contributed by atoms with E-state index in [0.29, 0.717) is 4.47 Å². The standard InChI is InChI=1S/C5H5BrN2O3S.Na/c6-4-1-3(12(9,10)11)2-8-5(4)7;/h1-2H,(H2,7,8)(H,9,10,11);/q;+1/p-1. The van der Waals surface area contributed by atoms with Crippen LogP contribution in [0.3, 0.4) is 0 Å². The summed E-state index contributed by atoms with van der Waals surface area (Å²) in [5.74, 6) is 0.141. The number of halogens is 1. The number of hydrogen-bond donors (Lipinski definition) is 1. The monoisotopic (exact) mass is 274 g/mol. The summed E-state index contributed by atoms with van der Waals surface area (Å²) in [6.45, 7) is 0. The van der Waals surface area contributed by atoms with Crippen LogP contribution in [0.1, 0.15) is 0 Å². The molecule has 5 nitrogen and oxygen atoms in total. The van der Waals surface area contributed by atoms with Gasteiger partial charge in [0.2, 0.25) is 0 Å². The Morgan fingerprint density at radius 1 is 1.54 bits per heavy atom. The molecule has 0 aliphatic rings. The number of anilines is 1. The van der Waals surface area contributed by atoms with Crippen molar-refractivity contribution in [2.45, 2.75) is 4.90 Å². The quantitative estimate of drug-likeness (QED) is 0.445. The second kappa shape index (κ2) is 4.72. The molecule has 8 heteroatoms. The Bertz CT molecular complexity index is 408. The van der Waals surface area contributed by atoms with Gasteiger partial charge in [-0.1, -0.05) is 0 Å². The van der Waals surface area contributed by atoms with Gasteiger partial charge in [0, 0.05) is 6.20 Å². The first-order valence-electron chi connectivity index (χ1n) is 2.78. The predicted octanol–water partition coefficient (Wildman–Crippen LogP) is -2.67. The fraction of sp³-hybridized carbons (Fsp3) is 0. The first kappa shape index (κ1) is 13.3. The van der Waals surface area contributed by atoms with Crippen molar-refractivity contribution in [2.24, 2.45) is 0 Å². The van der Waals surface area contributed by atoms with Crippen LogP contribution in [-0.2, 0) is 10.1 Å². The maximum absolute atomic E-state index is 10.4. The molecule has 0 saturated heterocycles. The summed E-state index contributed by atoms with van der Waals surface area (Å²) in [5, 5.41) is 0. The van der Waals surface area contributed by atoms with Crippen LogP contribution in [0.4, 0.5) is 5.82 Å². The van der Waals surface area contributed by atoms with Gasteiger partial charge in [0.05, 0.1) is 9.37 Å². The van der Waals surface area contributed by atoms with E-state index in [1.165, 1.54) is 0 Å². The molecule has 0 fully saturated rings. The van der Waals surface area contributed by atoms with Crippen LogP contribution < -0.4 is 35.3 Å². The SMILES string of the molecule is Nc1ncc(S(=O)(=O)[O-])cc1Br.[Na+]. The summed E-state index contributed by atoms with van der Waals surface area (Å²) in [4.78, 5) is 3.10. The van der Waals surface area contributed by atoms with E-state index in [4.69, 9.17) is 5.73 Å². The van der Waals surface area contributed by atoms with Crippen molar-refractivity contribution in [3.05, 3.63) is 16.7 Å². The molecule has 0 radical (unpaired) electrons. The second-order valence-electron chi connectivity index (χ2n) is 1.99. The number of rotatable bonds is 1. The molecule has 66 valence electrons. The number of hydrogen-bond acceptors (Lipinski definition) is 5. The number of nitrogens with two attached hydrogens (primary N) is 1. The number of pyridine rings is 1. The normalized spacial score (nSPS) is 10.6. The van der Waals surface area contributed by atoms with Gasteiger partial charge in [0.1, 0.15) is 15.9 Å². The van der Waals surface area contributed by atoms with Gasteiger partial charge in [-0.3, -0.25) is 0 Å². The minimum atomic E-state index is -4.44. The molecule has 0 aliphatic heterocycles. The molecule has 0 saturated carbocycles. The van der Waals surface area contributed by atoms with E-state index in [9.17, 15) is 13.0 Å². The van der Waals surface area contributed by atoms with E-state index in [-0.39, 0.29) is 35.4 Å². The van der Waals surface area contributed by atoms with Gasteiger partial charge in [-0.2, -0.15) is 0 Å². The van der Waals surface area contributed by atoms with Crippen LogP contribution in [0.25, 0.3) is 0 Å². The first-order chi connectivity index (χ1) is 5.41. The van der Waals surface area contributed by atoms with Crippen LogP contribution >= 0.6 is 15.9 Å². The molecule has 1 aromatic rings. The van der Waals surface area contributed by atoms with E-state index in [1.807, 2.05) is 0 Å². The zero-order valence-electron chi connectivity index (χ0n) is 6.69. The van der Waals surface area contributed by atoms with Gasteiger partial charge in [-0.25, -0.2) is 13.4 Å². The second-order valence-corrected chi connectivity index (χ2v) is 4.23. The van der Waals surface area contributed by atoms with Crippen molar-refractivity contribution in [2.75, 3.05) is 5.73 Å². The first-order valence-corrected chi connectivity index (χ1v) is 4.98. The van der Waals surface area contributed by atoms with Gasteiger partial charge >= 0.3 is 29.6 Å². The molecule has 1 heterocycles. The van der Waals surface area contributed by atoms with E-state index in [2.05, 4.69) is 20.9 Å². The summed E-state index contributed by atoms with van der Waals surface area (Å²) in [5.41, 5.74) is 5.28. The molecule has 2 N–H and O–H groups in total. The number of nitrogen functional groups attached to an aromatic ring is 1. The summed E-state index contributed by atoms with van der Waals surface area (Å²) >= 11 is 2.95. The van der Waals surface area contributed by atoms with Gasteiger partial charge in [-0.05, 0) is 22.0 Å². The molecule has 0 aliphatic carbocycles. The Kier molecular flexibility index (Phi) is 4.84. The van der Waals surface area contributed by atoms with Gasteiger partial charge in [0.15, 0.2) is 0 Å². The van der Waals surface area contributed by atoms with Crippen LogP contribution in [-0.4, -0.2) is 18.0 Å². The summed E-state index contributed by atoms with van der Waals surface area (Å²) in [6, 6.07) is 1.12. The summed E-state index contributed by atoms with van der Waals surface area (Å²) in [6.07, 6.45) is 0.919. The zero-order chi connectivity index (χ0) is 9.35. The van der Waals surface area contributed by atoms with Gasteiger partial charge in [-0.15, -0.1) is 0 Å². The van der Waals surface area contributed by atoms with Crippen molar-refractivity contribution in [3.8, 4) is 0 Å². The molecular weight excluding hydrogens is 271 g/mol. The summed E-state index contributed by atoms with van der Waals surface area (Å²) < 4.78 is 31.6. The molecular formula is C5H4BrN2NaO3S. The molecule has 13 heavy (non-hydrogen) atoms. The van der Waals surface area contributed by atoms with Crippen molar-refractivity contribution < 1.29 is 42.5 Å². The van der Waals surface area contributed by atoms with Crippen molar-refractivity contribution in [1.82, 2.24) is 4.98 Å². The fourth-order valence-corrected chi connectivity index (χ4v) is 1.51. The average molecular weight is 275 g/mol. The van der Waals surface area contributed by atoms with Crippen molar-refractivity contribution in [3.63, 3.8) is 0 Å². The zero-order valence-corrected chi connectivity index (χ0v) is 11.1. The minimum Gasteiger partial charge on any atom is -0.744 e. The Morgan fingerprint density at radius 2 is 2.08 bits per heavy atom. The Labute approximate surface area is 106 Å². The maximum Gasteiger partial charge on any atom is 1.00 e. The third kappa shape index (κ3) is 3.53. The molecule has 0 aromatic carbocycles. The van der Waals surface area contributed by atoms with E-state index in [1.54, 1.807) is 0 Å². The van der Waals surface area contributed by atoms with Crippen LogP contribution in [0.5, 0.6) is 0 Å². The Hall–Kier alpha value is 0.340. The average Bonchev–Trinajstić information content (AvgIpc) is 1.92. The van der Waals surface area contributed by atoms with Crippen molar-refractivity contribution in [1.29, 1.82) is 0 Å². The molecule has 0 atom stereocenters. The van der Waals surface area contributed by atoms with Crippen LogP contribution in [0.15, 0.2) is 21.6 Å². The predicted molar refractivity (Wildman–Crippen MR) is 44.3 cm³/mol. The Morgan fingerprint density at radius 3 is 2.46 bits per heavy atom. The third-order valence-corrected chi connectivity index (χ3v) is 2.57. The molecule has 1 rings (SSSR count). The molecule has 0 amide bonds. The minimum absolute atomic E-state index is 0. The van der Waals surface area contributed by atoms with Gasteiger partial charge < -0.3 is 10.3 Å². The van der Waals surface area contributed by atoms with E-state index in [0.717, 1.165) is 12.3 Å². The fourth-order valence-electron chi connectivity index (χ4n) is 0.568. The van der Waals surface area contributed by atoms with Crippen LogP contribution in [0.2, 0.25) is 0 Å². The van der Waals surface area contributed by atoms with E-state index >= 15 is 0 Å². The smallest absolute Gasteiger partial charge is 0.744 e. The summed E-state index contributed by atoms with van der Waals surface area (Å²) in [7, 11) is -4.44. The molecule has 1 aromatic heterocycles.